The summed E-state index contributed by atoms with van der Waals surface area (Å²) in [5.41, 5.74) is 1.13. The van der Waals surface area contributed by atoms with E-state index < -0.39 is 17.9 Å². The summed E-state index contributed by atoms with van der Waals surface area (Å²) >= 11 is 1.29. The molecular formula is C21H18F5N3O2S. The third-order valence-electron chi connectivity index (χ3n) is 4.26. The van der Waals surface area contributed by atoms with Crippen LogP contribution in [0.5, 0.6) is 5.75 Å². The van der Waals surface area contributed by atoms with Crippen LogP contribution in [0.25, 0.3) is 0 Å². The smallest absolute Gasteiger partial charge is 0.471 e. The summed E-state index contributed by atoms with van der Waals surface area (Å²) in [7, 11) is 0. The van der Waals surface area contributed by atoms with Crippen LogP contribution in [0.4, 0.5) is 22.0 Å². The van der Waals surface area contributed by atoms with Gasteiger partial charge in [0, 0.05) is 11.4 Å². The molecule has 32 heavy (non-hydrogen) atoms. The standard InChI is InChI=1S/C21H18F5N3O2S/c1-13-19(32-17-8-4-15(23)5-9-17)18(12-31-16-6-2-14(22)3-7-16)29(28-13)11-10-27-20(30)21(24,25)26/h2-9H,10-12H2,1H3,(H,27,30). The van der Waals surface area contributed by atoms with E-state index in [-0.39, 0.29) is 25.5 Å². The van der Waals surface area contributed by atoms with Crippen LogP contribution in [-0.2, 0) is 17.9 Å². The van der Waals surface area contributed by atoms with Gasteiger partial charge in [0.1, 0.15) is 24.0 Å². The van der Waals surface area contributed by atoms with Gasteiger partial charge in [-0.15, -0.1) is 0 Å². The fourth-order valence-corrected chi connectivity index (χ4v) is 3.73. The molecule has 3 rings (SSSR count). The van der Waals surface area contributed by atoms with Gasteiger partial charge in [0.25, 0.3) is 0 Å². The quantitative estimate of drug-likeness (QED) is 0.476. The molecule has 0 aliphatic heterocycles. The molecule has 1 N–H and O–H groups in total. The Labute approximate surface area is 184 Å². The van der Waals surface area contributed by atoms with Crippen LogP contribution >= 0.6 is 11.8 Å². The number of aromatic nitrogens is 2. The number of ether oxygens (including phenoxy) is 1. The molecule has 1 amide bonds. The Hall–Kier alpha value is -3.08. The molecule has 0 unspecified atom stereocenters. The molecule has 0 aliphatic rings. The van der Waals surface area contributed by atoms with E-state index in [0.29, 0.717) is 22.0 Å². The first-order valence-electron chi connectivity index (χ1n) is 9.36. The maximum absolute atomic E-state index is 13.2. The van der Waals surface area contributed by atoms with Crippen LogP contribution in [0.15, 0.2) is 58.3 Å². The van der Waals surface area contributed by atoms with Crippen molar-refractivity contribution in [2.24, 2.45) is 0 Å². The number of benzene rings is 2. The molecular weight excluding hydrogens is 453 g/mol. The molecule has 0 atom stereocenters. The summed E-state index contributed by atoms with van der Waals surface area (Å²) < 4.78 is 70.8. The number of nitrogens with zero attached hydrogens (tertiary/aromatic N) is 2. The second-order valence-corrected chi connectivity index (χ2v) is 7.72. The maximum Gasteiger partial charge on any atom is 0.471 e. The van der Waals surface area contributed by atoms with Gasteiger partial charge in [-0.1, -0.05) is 11.8 Å². The fourth-order valence-electron chi connectivity index (χ4n) is 2.75. The lowest BCUT2D eigenvalue weighted by molar-refractivity contribution is -0.173. The number of hydrogen-bond acceptors (Lipinski definition) is 4. The predicted molar refractivity (Wildman–Crippen MR) is 107 cm³/mol. The zero-order valence-corrected chi connectivity index (χ0v) is 17.6. The van der Waals surface area contributed by atoms with E-state index in [9.17, 15) is 26.7 Å². The average Bonchev–Trinajstić information content (AvgIpc) is 3.03. The Bertz CT molecular complexity index is 1070. The minimum absolute atomic E-state index is 0.0107. The zero-order chi connectivity index (χ0) is 23.3. The predicted octanol–water partition coefficient (Wildman–Crippen LogP) is 4.88. The molecule has 170 valence electrons. The van der Waals surface area contributed by atoms with Crippen LogP contribution in [0.1, 0.15) is 11.4 Å². The van der Waals surface area contributed by atoms with E-state index in [1.165, 1.54) is 52.8 Å². The molecule has 11 heteroatoms. The van der Waals surface area contributed by atoms with Gasteiger partial charge < -0.3 is 10.1 Å². The van der Waals surface area contributed by atoms with Crippen molar-refractivity contribution in [2.45, 2.75) is 36.0 Å². The molecule has 1 aromatic heterocycles. The Balaban J connectivity index is 1.81. The van der Waals surface area contributed by atoms with Crippen molar-refractivity contribution in [1.29, 1.82) is 0 Å². The van der Waals surface area contributed by atoms with E-state index in [2.05, 4.69) is 5.10 Å². The van der Waals surface area contributed by atoms with Crippen LogP contribution in [-0.4, -0.2) is 28.4 Å². The summed E-state index contributed by atoms with van der Waals surface area (Å²) in [6.07, 6.45) is -4.97. The SMILES string of the molecule is Cc1nn(CCNC(=O)C(F)(F)F)c(COc2ccc(F)cc2)c1Sc1ccc(F)cc1. The number of rotatable bonds is 8. The van der Waals surface area contributed by atoms with Gasteiger partial charge in [0.2, 0.25) is 0 Å². The van der Waals surface area contributed by atoms with E-state index in [4.69, 9.17) is 4.74 Å². The summed E-state index contributed by atoms with van der Waals surface area (Å²) in [6.45, 7) is 1.37. The van der Waals surface area contributed by atoms with Crippen molar-refractivity contribution >= 4 is 17.7 Å². The lowest BCUT2D eigenvalue weighted by Gasteiger charge is -2.12. The lowest BCUT2D eigenvalue weighted by Crippen LogP contribution is -2.38. The monoisotopic (exact) mass is 471 g/mol. The summed E-state index contributed by atoms with van der Waals surface area (Å²) in [4.78, 5) is 12.5. The molecule has 0 bridgehead atoms. The molecule has 1 heterocycles. The first-order valence-corrected chi connectivity index (χ1v) is 10.2. The topological polar surface area (TPSA) is 56.2 Å². The number of carbonyl (C=O) groups is 1. The molecule has 0 fully saturated rings. The molecule has 0 radical (unpaired) electrons. The highest BCUT2D eigenvalue weighted by Gasteiger charge is 2.38. The zero-order valence-electron chi connectivity index (χ0n) is 16.7. The van der Waals surface area contributed by atoms with Crippen LogP contribution in [0.3, 0.4) is 0 Å². The van der Waals surface area contributed by atoms with Crippen molar-refractivity contribution in [3.8, 4) is 5.75 Å². The molecule has 2 aromatic carbocycles. The van der Waals surface area contributed by atoms with Gasteiger partial charge in [-0.25, -0.2) is 8.78 Å². The number of amides is 1. The van der Waals surface area contributed by atoms with Crippen molar-refractivity contribution in [3.05, 3.63) is 71.6 Å². The first kappa shape index (κ1) is 23.6. The van der Waals surface area contributed by atoms with E-state index >= 15 is 0 Å². The van der Waals surface area contributed by atoms with Crippen LogP contribution in [0.2, 0.25) is 0 Å². The lowest BCUT2D eigenvalue weighted by atomic mass is 10.3. The van der Waals surface area contributed by atoms with Crippen LogP contribution in [0, 0.1) is 18.6 Å². The number of carbonyl (C=O) groups excluding carboxylic acids is 1. The molecule has 0 spiro atoms. The van der Waals surface area contributed by atoms with Gasteiger partial charge in [-0.3, -0.25) is 9.48 Å². The highest BCUT2D eigenvalue weighted by molar-refractivity contribution is 7.99. The van der Waals surface area contributed by atoms with Crippen molar-refractivity contribution in [3.63, 3.8) is 0 Å². The molecule has 5 nitrogen and oxygen atoms in total. The Morgan fingerprint density at radius 1 is 1.06 bits per heavy atom. The fraction of sp³-hybridized carbons (Fsp3) is 0.238. The second kappa shape index (κ2) is 10.0. The van der Waals surface area contributed by atoms with Crippen LogP contribution < -0.4 is 10.1 Å². The van der Waals surface area contributed by atoms with E-state index in [0.717, 1.165) is 4.90 Å². The van der Waals surface area contributed by atoms with Gasteiger partial charge in [-0.05, 0) is 55.5 Å². The third-order valence-corrected chi connectivity index (χ3v) is 5.51. The van der Waals surface area contributed by atoms with Gasteiger partial charge >= 0.3 is 12.1 Å². The van der Waals surface area contributed by atoms with Crippen molar-refractivity contribution in [1.82, 2.24) is 15.1 Å². The maximum atomic E-state index is 13.2. The average molecular weight is 471 g/mol. The minimum Gasteiger partial charge on any atom is -0.487 e. The molecule has 0 aliphatic carbocycles. The summed E-state index contributed by atoms with van der Waals surface area (Å²) in [5, 5.41) is 6.17. The number of hydrogen-bond donors (Lipinski definition) is 1. The third kappa shape index (κ3) is 6.22. The normalized spacial score (nSPS) is 11.4. The van der Waals surface area contributed by atoms with Gasteiger partial charge in [0.05, 0.1) is 22.8 Å². The Kier molecular flexibility index (Phi) is 7.39. The second-order valence-electron chi connectivity index (χ2n) is 6.64. The minimum atomic E-state index is -4.97. The van der Waals surface area contributed by atoms with Gasteiger partial charge in [-0.2, -0.15) is 18.3 Å². The highest BCUT2D eigenvalue weighted by Crippen LogP contribution is 2.34. The largest absolute Gasteiger partial charge is 0.487 e. The van der Waals surface area contributed by atoms with E-state index in [1.54, 1.807) is 19.1 Å². The van der Waals surface area contributed by atoms with Crippen molar-refractivity contribution in [2.75, 3.05) is 6.54 Å². The van der Waals surface area contributed by atoms with Gasteiger partial charge in [0.15, 0.2) is 0 Å². The number of alkyl halides is 3. The number of aryl methyl sites for hydroxylation is 1. The number of halogens is 5. The molecule has 3 aromatic rings. The number of nitrogens with one attached hydrogen (secondary N) is 1. The molecule has 0 saturated heterocycles. The highest BCUT2D eigenvalue weighted by atomic mass is 32.2. The first-order chi connectivity index (χ1) is 15.1. The summed E-state index contributed by atoms with van der Waals surface area (Å²) in [6, 6.07) is 11.2. The Morgan fingerprint density at radius 2 is 1.66 bits per heavy atom. The Morgan fingerprint density at radius 3 is 2.25 bits per heavy atom. The van der Waals surface area contributed by atoms with Crippen molar-refractivity contribution < 1.29 is 31.5 Å². The molecule has 0 saturated carbocycles. The van der Waals surface area contributed by atoms with E-state index in [1.807, 2.05) is 5.32 Å². The summed E-state index contributed by atoms with van der Waals surface area (Å²) in [5.74, 6) is -2.46.